The van der Waals surface area contributed by atoms with E-state index in [1.54, 1.807) is 0 Å². The molecule has 4 atom stereocenters. The summed E-state index contributed by atoms with van der Waals surface area (Å²) in [6.45, 7) is 11.6. The van der Waals surface area contributed by atoms with Gasteiger partial charge in [-0.1, -0.05) is 20.8 Å². The number of carbonyl (C=O) groups excluding carboxylic acids is 2. The second-order valence-electron chi connectivity index (χ2n) is 11.8. The molecule has 1 saturated heterocycles. The average Bonchev–Trinajstić information content (AvgIpc) is 3.59. The molecule has 0 spiro atoms. The van der Waals surface area contributed by atoms with Crippen LogP contribution in [-0.2, 0) is 32.0 Å². The largest absolute Gasteiger partial charge is 0.481 e. The molecule has 0 radical (unpaired) electrons. The zero-order chi connectivity index (χ0) is 32.5. The summed E-state index contributed by atoms with van der Waals surface area (Å²) in [4.78, 5) is 54.9. The normalized spacial score (nSPS) is 22.7. The molecule has 2 amide bonds. The van der Waals surface area contributed by atoms with Gasteiger partial charge in [0.1, 0.15) is 0 Å². The number of aromatic amines is 2. The van der Waals surface area contributed by atoms with Crippen LogP contribution in [0.25, 0.3) is 18.2 Å². The van der Waals surface area contributed by atoms with E-state index >= 15 is 0 Å². The first kappa shape index (κ1) is 32.9. The first-order valence-electron chi connectivity index (χ1n) is 15.0. The SMILES string of the molecule is CCC1=C(C)C(/C=c2/[nH]/c(=C\c3[nH]c(/C=C4\NC(=O)[C@H](C)[C@H]4[C@@H](C)S)c(C)c3CCC(=O)O)c(CCC(=O)O)c2C)NC1=O. The molecule has 2 aliphatic heterocycles. The standard InChI is InChI=1S/C33H42N4O6S/c1-7-20-15(2)25(36-33(20)43)12-23-16(3)21(8-10-29(38)39)26(34-23)14-27-22(9-11-30(40)41)17(4)24(35-27)13-28-31(19(6)44)18(5)32(42)37-28/h12-14,18-19,25,31,34-35,44H,7-11H2,1-6H3,(H,36,43)(H,37,42)(H,38,39)(H,40,41)/b23-12+,26-14-,28-13-/t18-,19-,25?,31+/m1/s1. The van der Waals surface area contributed by atoms with Gasteiger partial charge in [-0.3, -0.25) is 19.2 Å². The highest BCUT2D eigenvalue weighted by Gasteiger charge is 2.37. The van der Waals surface area contributed by atoms with Crippen LogP contribution in [0.3, 0.4) is 0 Å². The Labute approximate surface area is 262 Å². The molecule has 0 bridgehead atoms. The van der Waals surface area contributed by atoms with E-state index in [4.69, 9.17) is 0 Å². The molecule has 0 aromatic carbocycles. The van der Waals surface area contributed by atoms with Gasteiger partial charge < -0.3 is 30.8 Å². The zero-order valence-electron chi connectivity index (χ0n) is 26.1. The number of H-pyrrole nitrogens is 2. The lowest BCUT2D eigenvalue weighted by molar-refractivity contribution is -0.138. The Morgan fingerprint density at radius 3 is 2.14 bits per heavy atom. The molecule has 11 heteroatoms. The third kappa shape index (κ3) is 6.72. The van der Waals surface area contributed by atoms with Crippen LogP contribution < -0.4 is 21.3 Å². The van der Waals surface area contributed by atoms with Crippen molar-refractivity contribution in [2.75, 3.05) is 0 Å². The van der Waals surface area contributed by atoms with Crippen LogP contribution in [0.5, 0.6) is 0 Å². The van der Waals surface area contributed by atoms with Gasteiger partial charge in [0.25, 0.3) is 0 Å². The fourth-order valence-corrected chi connectivity index (χ4v) is 6.80. The number of thiol groups is 1. The van der Waals surface area contributed by atoms with Crippen molar-refractivity contribution >= 4 is 54.6 Å². The van der Waals surface area contributed by atoms with E-state index in [0.29, 0.717) is 17.5 Å². The first-order chi connectivity index (χ1) is 20.7. The van der Waals surface area contributed by atoms with Crippen molar-refractivity contribution in [1.82, 2.24) is 20.6 Å². The number of allylic oxidation sites excluding steroid dienone is 1. The molecule has 1 unspecified atom stereocenters. The van der Waals surface area contributed by atoms with Gasteiger partial charge in [0.05, 0.1) is 6.04 Å². The molecule has 0 saturated carbocycles. The number of carbonyl (C=O) groups is 4. The van der Waals surface area contributed by atoms with E-state index in [1.165, 1.54) is 0 Å². The first-order valence-corrected chi connectivity index (χ1v) is 15.5. The number of amides is 2. The number of carboxylic acids is 2. The maximum absolute atomic E-state index is 12.5. The number of nitrogens with one attached hydrogen (secondary N) is 4. The van der Waals surface area contributed by atoms with Crippen molar-refractivity contribution in [3.05, 3.63) is 61.2 Å². The lowest BCUT2D eigenvalue weighted by Gasteiger charge is -2.17. The lowest BCUT2D eigenvalue weighted by Crippen LogP contribution is -2.29. The summed E-state index contributed by atoms with van der Waals surface area (Å²) in [5, 5.41) is 26.3. The minimum Gasteiger partial charge on any atom is -0.481 e. The van der Waals surface area contributed by atoms with Crippen molar-refractivity contribution in [2.24, 2.45) is 11.8 Å². The summed E-state index contributed by atoms with van der Waals surface area (Å²) in [5.41, 5.74) is 7.34. The quantitative estimate of drug-likeness (QED) is 0.191. The molecule has 1 fully saturated rings. The average molecular weight is 623 g/mol. The molecule has 4 rings (SSSR count). The molecule has 4 heterocycles. The Morgan fingerprint density at radius 2 is 1.57 bits per heavy atom. The molecule has 44 heavy (non-hydrogen) atoms. The Morgan fingerprint density at radius 1 is 0.932 bits per heavy atom. The molecular formula is C33H42N4O6S. The molecule has 2 aromatic heterocycles. The lowest BCUT2D eigenvalue weighted by atomic mass is 9.91. The fraction of sp³-hybridized carbons (Fsp3) is 0.455. The molecular weight excluding hydrogens is 580 g/mol. The number of rotatable bonds is 11. The third-order valence-corrected chi connectivity index (χ3v) is 9.28. The minimum atomic E-state index is -0.916. The third-order valence-electron chi connectivity index (χ3n) is 8.96. The van der Waals surface area contributed by atoms with E-state index in [0.717, 1.165) is 50.1 Å². The van der Waals surface area contributed by atoms with E-state index in [9.17, 15) is 29.4 Å². The highest BCUT2D eigenvalue weighted by Crippen LogP contribution is 2.34. The van der Waals surface area contributed by atoms with Crippen LogP contribution in [0.15, 0.2) is 16.8 Å². The van der Waals surface area contributed by atoms with Gasteiger partial charge in [-0.2, -0.15) is 12.6 Å². The number of aliphatic carboxylic acids is 2. The summed E-state index contributed by atoms with van der Waals surface area (Å²) in [5.74, 6) is -2.30. The van der Waals surface area contributed by atoms with Crippen molar-refractivity contribution in [2.45, 2.75) is 84.9 Å². The Bertz CT molecular complexity index is 1690. The van der Waals surface area contributed by atoms with Crippen LogP contribution in [0, 0.1) is 25.7 Å². The molecule has 2 aromatic rings. The molecule has 2 aliphatic rings. The van der Waals surface area contributed by atoms with Crippen LogP contribution in [0.1, 0.15) is 80.6 Å². The van der Waals surface area contributed by atoms with Gasteiger partial charge >= 0.3 is 11.9 Å². The number of carboxylic acid groups (broad SMARTS) is 2. The number of hydrogen-bond donors (Lipinski definition) is 7. The molecule has 236 valence electrons. The summed E-state index contributed by atoms with van der Waals surface area (Å²) in [7, 11) is 0. The predicted octanol–water partition coefficient (Wildman–Crippen LogP) is 2.87. The molecule has 10 nitrogen and oxygen atoms in total. The van der Waals surface area contributed by atoms with Crippen molar-refractivity contribution in [3.63, 3.8) is 0 Å². The Hall–Kier alpha value is -3.99. The van der Waals surface area contributed by atoms with Crippen molar-refractivity contribution in [3.8, 4) is 0 Å². The van der Waals surface area contributed by atoms with Gasteiger partial charge in [-0.15, -0.1) is 0 Å². The van der Waals surface area contributed by atoms with Crippen LogP contribution in [0.2, 0.25) is 0 Å². The minimum absolute atomic E-state index is 0.0621. The highest BCUT2D eigenvalue weighted by atomic mass is 32.1. The van der Waals surface area contributed by atoms with Crippen LogP contribution in [-0.4, -0.2) is 55.2 Å². The van der Waals surface area contributed by atoms with Gasteiger partial charge in [0.15, 0.2) is 0 Å². The van der Waals surface area contributed by atoms with Gasteiger partial charge in [-0.05, 0) is 86.1 Å². The Balaban J connectivity index is 1.89. The maximum atomic E-state index is 12.5. The van der Waals surface area contributed by atoms with Gasteiger partial charge in [0.2, 0.25) is 11.8 Å². The topological polar surface area (TPSA) is 164 Å². The van der Waals surface area contributed by atoms with E-state index < -0.39 is 11.9 Å². The second-order valence-corrected chi connectivity index (χ2v) is 12.6. The molecule has 6 N–H and O–H groups in total. The highest BCUT2D eigenvalue weighted by molar-refractivity contribution is 7.80. The van der Waals surface area contributed by atoms with E-state index in [2.05, 4.69) is 33.2 Å². The summed E-state index contributed by atoms with van der Waals surface area (Å²) in [6, 6.07) is -0.279. The number of aromatic nitrogens is 2. The second kappa shape index (κ2) is 13.3. The van der Waals surface area contributed by atoms with E-state index in [1.807, 2.05) is 59.8 Å². The zero-order valence-corrected chi connectivity index (χ0v) is 26.9. The van der Waals surface area contributed by atoms with Crippen molar-refractivity contribution in [1.29, 1.82) is 0 Å². The maximum Gasteiger partial charge on any atom is 0.303 e. The molecule has 0 aliphatic carbocycles. The summed E-state index contributed by atoms with van der Waals surface area (Å²) in [6.07, 6.45) is 6.83. The Kier molecular flexibility index (Phi) is 9.98. The van der Waals surface area contributed by atoms with Gasteiger partial charge in [-0.25, -0.2) is 0 Å². The summed E-state index contributed by atoms with van der Waals surface area (Å²) >= 11 is 4.62. The summed E-state index contributed by atoms with van der Waals surface area (Å²) < 4.78 is 0. The van der Waals surface area contributed by atoms with E-state index in [-0.39, 0.29) is 60.6 Å². The van der Waals surface area contributed by atoms with Crippen LogP contribution >= 0.6 is 12.6 Å². The van der Waals surface area contributed by atoms with Crippen molar-refractivity contribution < 1.29 is 29.4 Å². The predicted molar refractivity (Wildman–Crippen MR) is 172 cm³/mol. The monoisotopic (exact) mass is 622 g/mol. The number of hydrogen-bond acceptors (Lipinski definition) is 5. The van der Waals surface area contributed by atoms with Gasteiger partial charge in [0, 0.05) is 63.3 Å². The fourth-order valence-electron chi connectivity index (χ4n) is 6.38. The van der Waals surface area contributed by atoms with Crippen LogP contribution in [0.4, 0.5) is 0 Å². The smallest absolute Gasteiger partial charge is 0.303 e.